The van der Waals surface area contributed by atoms with Gasteiger partial charge in [0.1, 0.15) is 0 Å². The van der Waals surface area contributed by atoms with Gasteiger partial charge in [0.25, 0.3) is 0 Å². The highest BCUT2D eigenvalue weighted by atomic mass is 15.3. The summed E-state index contributed by atoms with van der Waals surface area (Å²) in [5.41, 5.74) is 0.987. The maximum Gasteiger partial charge on any atom is 0.250 e. The van der Waals surface area contributed by atoms with Crippen LogP contribution >= 0.6 is 0 Å². The SMILES string of the molecule is CC(C)CNc1cnn(-c2ncccn2)c1. The lowest BCUT2D eigenvalue weighted by molar-refractivity contribution is 0.689. The molecule has 2 aromatic heterocycles. The number of rotatable bonds is 4. The molecule has 0 aromatic carbocycles. The molecule has 1 N–H and O–H groups in total. The topological polar surface area (TPSA) is 55.6 Å². The molecule has 0 saturated heterocycles. The third-order valence-electron chi connectivity index (χ3n) is 2.05. The van der Waals surface area contributed by atoms with Gasteiger partial charge in [0.2, 0.25) is 5.95 Å². The minimum Gasteiger partial charge on any atom is -0.382 e. The molecule has 0 bridgehead atoms. The Morgan fingerprint density at radius 1 is 1.31 bits per heavy atom. The van der Waals surface area contributed by atoms with Gasteiger partial charge in [-0.15, -0.1) is 0 Å². The van der Waals surface area contributed by atoms with Crippen molar-refractivity contribution in [1.29, 1.82) is 0 Å². The molecule has 0 amide bonds. The fraction of sp³-hybridized carbons (Fsp3) is 0.364. The Balaban J connectivity index is 2.08. The minimum atomic E-state index is 0.583. The lowest BCUT2D eigenvalue weighted by atomic mass is 10.2. The third kappa shape index (κ3) is 2.56. The molecule has 2 heterocycles. The molecule has 84 valence electrons. The molecule has 2 rings (SSSR count). The molecule has 0 aliphatic carbocycles. The summed E-state index contributed by atoms with van der Waals surface area (Å²) < 4.78 is 1.66. The van der Waals surface area contributed by atoms with Gasteiger partial charge in [-0.05, 0) is 12.0 Å². The number of nitrogens with zero attached hydrogens (tertiary/aromatic N) is 4. The second-order valence-electron chi connectivity index (χ2n) is 4.00. The smallest absolute Gasteiger partial charge is 0.250 e. The van der Waals surface area contributed by atoms with Crippen LogP contribution in [-0.4, -0.2) is 26.3 Å². The number of aromatic nitrogens is 4. The predicted molar refractivity (Wildman–Crippen MR) is 62.5 cm³/mol. The molecule has 0 radical (unpaired) electrons. The summed E-state index contributed by atoms with van der Waals surface area (Å²) in [6, 6.07) is 1.78. The summed E-state index contributed by atoms with van der Waals surface area (Å²) in [5, 5.41) is 7.49. The van der Waals surface area contributed by atoms with Gasteiger partial charge < -0.3 is 5.32 Å². The van der Waals surface area contributed by atoms with E-state index >= 15 is 0 Å². The Bertz CT molecular complexity index is 435. The standard InChI is InChI=1S/C11H15N5/c1-9(2)6-14-10-7-15-16(8-10)11-12-4-3-5-13-11/h3-5,7-9,14H,6H2,1-2H3. The van der Waals surface area contributed by atoms with E-state index in [0.717, 1.165) is 12.2 Å². The second-order valence-corrected chi connectivity index (χ2v) is 4.00. The molecular weight excluding hydrogens is 202 g/mol. The molecule has 16 heavy (non-hydrogen) atoms. The highest BCUT2D eigenvalue weighted by Gasteiger charge is 2.02. The van der Waals surface area contributed by atoms with Gasteiger partial charge in [0.05, 0.1) is 18.1 Å². The van der Waals surface area contributed by atoms with Crippen LogP contribution in [0.5, 0.6) is 0 Å². The molecule has 5 nitrogen and oxygen atoms in total. The average molecular weight is 217 g/mol. The maximum atomic E-state index is 4.19. The van der Waals surface area contributed by atoms with Crippen LogP contribution in [0.3, 0.4) is 0 Å². The maximum absolute atomic E-state index is 4.19. The Morgan fingerprint density at radius 3 is 2.75 bits per heavy atom. The van der Waals surface area contributed by atoms with Crippen LogP contribution in [0.15, 0.2) is 30.9 Å². The Labute approximate surface area is 94.5 Å². The van der Waals surface area contributed by atoms with E-state index in [1.807, 2.05) is 6.20 Å². The highest BCUT2D eigenvalue weighted by molar-refractivity contribution is 5.39. The Morgan fingerprint density at radius 2 is 2.06 bits per heavy atom. The van der Waals surface area contributed by atoms with Crippen molar-refractivity contribution in [3.05, 3.63) is 30.9 Å². The summed E-state index contributed by atoms with van der Waals surface area (Å²) in [6.45, 7) is 5.26. The van der Waals surface area contributed by atoms with E-state index in [4.69, 9.17) is 0 Å². The van der Waals surface area contributed by atoms with Gasteiger partial charge >= 0.3 is 0 Å². The number of hydrogen-bond donors (Lipinski definition) is 1. The van der Waals surface area contributed by atoms with E-state index in [1.165, 1.54) is 0 Å². The van der Waals surface area contributed by atoms with E-state index in [2.05, 4.69) is 34.2 Å². The molecular formula is C11H15N5. The highest BCUT2D eigenvalue weighted by Crippen LogP contribution is 2.08. The second kappa shape index (κ2) is 4.74. The summed E-state index contributed by atoms with van der Waals surface area (Å²) in [6.07, 6.45) is 7.06. The quantitative estimate of drug-likeness (QED) is 0.847. The van der Waals surface area contributed by atoms with E-state index < -0.39 is 0 Å². The van der Waals surface area contributed by atoms with Gasteiger partial charge in [-0.25, -0.2) is 14.6 Å². The summed E-state index contributed by atoms with van der Waals surface area (Å²) in [7, 11) is 0. The largest absolute Gasteiger partial charge is 0.382 e. The Hall–Kier alpha value is -1.91. The van der Waals surface area contributed by atoms with E-state index in [1.54, 1.807) is 29.3 Å². The van der Waals surface area contributed by atoms with Crippen molar-refractivity contribution in [3.63, 3.8) is 0 Å². The lowest BCUT2D eigenvalue weighted by Gasteiger charge is -2.05. The fourth-order valence-electron chi connectivity index (χ4n) is 1.25. The molecule has 0 aliphatic rings. The van der Waals surface area contributed by atoms with Crippen LogP contribution < -0.4 is 5.32 Å². The molecule has 0 aliphatic heterocycles. The van der Waals surface area contributed by atoms with Gasteiger partial charge in [-0.3, -0.25) is 0 Å². The lowest BCUT2D eigenvalue weighted by Crippen LogP contribution is -2.07. The van der Waals surface area contributed by atoms with Crippen molar-refractivity contribution >= 4 is 5.69 Å². The monoisotopic (exact) mass is 217 g/mol. The summed E-state index contributed by atoms with van der Waals surface area (Å²) in [5.74, 6) is 1.19. The first-order chi connectivity index (χ1) is 7.75. The zero-order valence-electron chi connectivity index (χ0n) is 9.46. The van der Waals surface area contributed by atoms with Crippen LogP contribution in [0.25, 0.3) is 5.95 Å². The average Bonchev–Trinajstić information content (AvgIpc) is 2.76. The van der Waals surface area contributed by atoms with Gasteiger partial charge in [-0.2, -0.15) is 5.10 Å². The van der Waals surface area contributed by atoms with Crippen molar-refractivity contribution in [2.24, 2.45) is 5.92 Å². The van der Waals surface area contributed by atoms with Crippen LogP contribution in [-0.2, 0) is 0 Å². The zero-order chi connectivity index (χ0) is 11.4. The number of anilines is 1. The van der Waals surface area contributed by atoms with Crippen molar-refractivity contribution in [1.82, 2.24) is 19.7 Å². The molecule has 0 unspecified atom stereocenters. The number of hydrogen-bond acceptors (Lipinski definition) is 4. The molecule has 0 fully saturated rings. The zero-order valence-corrected chi connectivity index (χ0v) is 9.46. The molecule has 0 spiro atoms. The van der Waals surface area contributed by atoms with Crippen molar-refractivity contribution in [2.75, 3.05) is 11.9 Å². The molecule has 0 atom stereocenters. The van der Waals surface area contributed by atoms with Gasteiger partial charge in [0.15, 0.2) is 0 Å². The van der Waals surface area contributed by atoms with Crippen molar-refractivity contribution in [2.45, 2.75) is 13.8 Å². The van der Waals surface area contributed by atoms with Crippen LogP contribution in [0.4, 0.5) is 5.69 Å². The van der Waals surface area contributed by atoms with E-state index in [-0.39, 0.29) is 0 Å². The summed E-state index contributed by atoms with van der Waals surface area (Å²) in [4.78, 5) is 8.24. The first-order valence-electron chi connectivity index (χ1n) is 5.31. The van der Waals surface area contributed by atoms with E-state index in [0.29, 0.717) is 11.9 Å². The fourth-order valence-corrected chi connectivity index (χ4v) is 1.25. The van der Waals surface area contributed by atoms with Crippen molar-refractivity contribution < 1.29 is 0 Å². The third-order valence-corrected chi connectivity index (χ3v) is 2.05. The van der Waals surface area contributed by atoms with Gasteiger partial charge in [0, 0.05) is 18.9 Å². The predicted octanol–water partition coefficient (Wildman–Crippen LogP) is 1.73. The Kier molecular flexibility index (Phi) is 3.14. The first kappa shape index (κ1) is 10.6. The van der Waals surface area contributed by atoms with E-state index in [9.17, 15) is 0 Å². The van der Waals surface area contributed by atoms with Crippen LogP contribution in [0.2, 0.25) is 0 Å². The van der Waals surface area contributed by atoms with Crippen molar-refractivity contribution in [3.8, 4) is 5.95 Å². The molecule has 5 heteroatoms. The minimum absolute atomic E-state index is 0.583. The normalized spacial score (nSPS) is 10.7. The summed E-state index contributed by atoms with van der Waals surface area (Å²) >= 11 is 0. The number of nitrogens with one attached hydrogen (secondary N) is 1. The first-order valence-corrected chi connectivity index (χ1v) is 5.31. The van der Waals surface area contributed by atoms with Crippen LogP contribution in [0.1, 0.15) is 13.8 Å². The molecule has 0 saturated carbocycles. The van der Waals surface area contributed by atoms with Crippen LogP contribution in [0, 0.1) is 5.92 Å². The van der Waals surface area contributed by atoms with Gasteiger partial charge in [-0.1, -0.05) is 13.8 Å². The molecule has 2 aromatic rings.